The van der Waals surface area contributed by atoms with Gasteiger partial charge in [0.2, 0.25) is 0 Å². The molecule has 0 saturated carbocycles. The minimum Gasteiger partial charge on any atom is -0.455 e. The van der Waals surface area contributed by atoms with Crippen LogP contribution in [0.25, 0.3) is 77.2 Å². The van der Waals surface area contributed by atoms with Gasteiger partial charge < -0.3 is 9.32 Å². The Morgan fingerprint density at radius 2 is 0.889 bits per heavy atom. The van der Waals surface area contributed by atoms with E-state index in [-0.39, 0.29) is 16.9 Å². The predicted molar refractivity (Wildman–Crippen MR) is 228 cm³/mol. The maximum atomic E-state index is 9.66. The van der Waals surface area contributed by atoms with Crippen LogP contribution in [0.5, 0.6) is 0 Å². The molecule has 2 nitrogen and oxygen atoms in total. The van der Waals surface area contributed by atoms with E-state index in [2.05, 4.69) is 0 Å². The Balaban J connectivity index is 1.26. The summed E-state index contributed by atoms with van der Waals surface area (Å²) < 4.78 is 125. The molecule has 0 bridgehead atoms. The average Bonchev–Trinajstić information content (AvgIpc) is 3.75. The van der Waals surface area contributed by atoms with Gasteiger partial charge in [-0.1, -0.05) is 176 Å². The summed E-state index contributed by atoms with van der Waals surface area (Å²) in [6.07, 6.45) is 0. The molecule has 54 heavy (non-hydrogen) atoms. The van der Waals surface area contributed by atoms with Crippen LogP contribution in [0.3, 0.4) is 0 Å². The smallest absolute Gasteiger partial charge is 0.143 e. The summed E-state index contributed by atoms with van der Waals surface area (Å²) in [6.45, 7) is 0. The van der Waals surface area contributed by atoms with Gasteiger partial charge in [0.05, 0.1) is 23.5 Å². The summed E-state index contributed by atoms with van der Waals surface area (Å²) in [6, 6.07) is 32.4. The summed E-state index contributed by atoms with van der Waals surface area (Å²) in [5.74, 6) is 0. The number of furan rings is 1. The molecule has 0 aliphatic carbocycles. The van der Waals surface area contributed by atoms with Gasteiger partial charge in [-0.05, 0) is 75.1 Å². The maximum Gasteiger partial charge on any atom is 0.143 e. The molecule has 254 valence electrons. The number of benzene rings is 9. The van der Waals surface area contributed by atoms with Gasteiger partial charge in [0, 0.05) is 38.7 Å². The third-order valence-electron chi connectivity index (χ3n) is 9.53. The summed E-state index contributed by atoms with van der Waals surface area (Å²) in [4.78, 5) is 1.20. The molecule has 10 aromatic rings. The number of hydrogen-bond acceptors (Lipinski definition) is 2. The Hall–Kier alpha value is -7.16. The quantitative estimate of drug-likeness (QED) is 0.164. The van der Waals surface area contributed by atoms with Gasteiger partial charge in [-0.25, -0.2) is 0 Å². The fourth-order valence-corrected chi connectivity index (χ4v) is 6.93. The third kappa shape index (κ3) is 5.62. The van der Waals surface area contributed by atoms with E-state index >= 15 is 0 Å². The van der Waals surface area contributed by atoms with Crippen molar-refractivity contribution >= 4 is 49.8 Å². The first-order valence-corrected chi connectivity index (χ1v) is 17.4. The van der Waals surface area contributed by atoms with Crippen LogP contribution < -0.4 is 4.90 Å². The van der Waals surface area contributed by atoms with Gasteiger partial charge in [-0.3, -0.25) is 0 Å². The topological polar surface area (TPSA) is 16.4 Å². The number of rotatable bonds is 7. The lowest BCUT2D eigenvalue weighted by atomic mass is 9.98. The molecule has 0 amide bonds. The Morgan fingerprint density at radius 3 is 1.63 bits per heavy atom. The summed E-state index contributed by atoms with van der Waals surface area (Å²) >= 11 is 0. The second kappa shape index (κ2) is 13.4. The van der Waals surface area contributed by atoms with Crippen LogP contribution in [-0.2, 0) is 0 Å². The molecule has 0 atom stereocenters. The van der Waals surface area contributed by atoms with Crippen molar-refractivity contribution in [1.82, 2.24) is 0 Å². The molecule has 0 saturated heterocycles. The van der Waals surface area contributed by atoms with E-state index in [0.29, 0.717) is 27.9 Å². The molecule has 0 aliphatic heterocycles. The summed E-state index contributed by atoms with van der Waals surface area (Å²) in [5, 5.41) is 3.48. The van der Waals surface area contributed by atoms with Crippen LogP contribution in [-0.4, -0.2) is 0 Å². The second-order valence-electron chi connectivity index (χ2n) is 12.7. The van der Waals surface area contributed by atoms with E-state index in [9.17, 15) is 11.0 Å². The minimum atomic E-state index is -0.756. The lowest BCUT2D eigenvalue weighted by Gasteiger charge is -2.28. The Labute approximate surface area is 333 Å². The van der Waals surface area contributed by atoms with Crippen LogP contribution in [0, 0.1) is 0 Å². The average molecular weight is 703 g/mol. The molecular weight excluding hydrogens is 655 g/mol. The Bertz CT molecular complexity index is 3600. The second-order valence-corrected chi connectivity index (χ2v) is 12.7. The molecule has 0 spiro atoms. The number of para-hydroxylation sites is 2. The van der Waals surface area contributed by atoms with E-state index in [1.54, 1.807) is 36.4 Å². The molecule has 0 radical (unpaired) electrons. The molecule has 1 heterocycles. The van der Waals surface area contributed by atoms with E-state index in [1.807, 2.05) is 97.1 Å². The minimum absolute atomic E-state index is 0.00181. The normalized spacial score (nSPS) is 14.7. The fourth-order valence-electron chi connectivity index (χ4n) is 6.93. The standard InChI is InChI=1S/C52H35NO/c1-3-12-36(13-4-1)38-22-24-39(25-23-38)41-28-33-44(34-29-41)53(43-31-26-40(27-32-43)37-14-5-2-6-15-37)50-21-10-9-18-46(50)47-19-11-20-48-49-35-30-42-16-7-8-17-45(42)51(49)54-52(47)48/h1-35H/i2D,5D,6D,14D,15D,26D,27D,28D,29D,31D,32D,33D,34D. The monoisotopic (exact) mass is 702 g/mol. The van der Waals surface area contributed by atoms with Gasteiger partial charge in [-0.2, -0.15) is 0 Å². The largest absolute Gasteiger partial charge is 0.455 e. The van der Waals surface area contributed by atoms with E-state index in [1.165, 1.54) is 4.90 Å². The fraction of sp³-hybridized carbons (Fsp3) is 0. The van der Waals surface area contributed by atoms with Crippen molar-refractivity contribution in [2.75, 3.05) is 4.90 Å². The highest BCUT2D eigenvalue weighted by molar-refractivity contribution is 6.17. The predicted octanol–water partition coefficient (Wildman–Crippen LogP) is 14.9. The van der Waals surface area contributed by atoms with Crippen molar-refractivity contribution in [2.24, 2.45) is 0 Å². The highest BCUT2D eigenvalue weighted by Gasteiger charge is 2.21. The zero-order valence-corrected chi connectivity index (χ0v) is 28.6. The van der Waals surface area contributed by atoms with E-state index < -0.39 is 95.4 Å². The molecule has 0 fully saturated rings. The van der Waals surface area contributed by atoms with Crippen molar-refractivity contribution in [1.29, 1.82) is 0 Å². The summed E-state index contributed by atoms with van der Waals surface area (Å²) in [7, 11) is 0. The van der Waals surface area contributed by atoms with Crippen molar-refractivity contribution in [3.05, 3.63) is 212 Å². The van der Waals surface area contributed by atoms with Crippen LogP contribution in [0.4, 0.5) is 17.1 Å². The maximum absolute atomic E-state index is 9.66. The third-order valence-corrected chi connectivity index (χ3v) is 9.53. The van der Waals surface area contributed by atoms with Crippen LogP contribution >= 0.6 is 0 Å². The van der Waals surface area contributed by atoms with Crippen molar-refractivity contribution < 1.29 is 22.2 Å². The van der Waals surface area contributed by atoms with Gasteiger partial charge in [0.25, 0.3) is 0 Å². The number of fused-ring (bicyclic) bond motifs is 5. The zero-order chi connectivity index (χ0) is 47.2. The van der Waals surface area contributed by atoms with Crippen molar-refractivity contribution in [3.63, 3.8) is 0 Å². The van der Waals surface area contributed by atoms with Crippen LogP contribution in [0.1, 0.15) is 17.8 Å². The molecule has 2 heteroatoms. The van der Waals surface area contributed by atoms with Gasteiger partial charge in [0.1, 0.15) is 11.2 Å². The van der Waals surface area contributed by atoms with Crippen LogP contribution in [0.2, 0.25) is 0 Å². The number of anilines is 3. The Kier molecular flexibility index (Phi) is 5.17. The van der Waals surface area contributed by atoms with Crippen molar-refractivity contribution in [3.8, 4) is 44.5 Å². The first-order valence-electron chi connectivity index (χ1n) is 23.9. The van der Waals surface area contributed by atoms with E-state index in [0.717, 1.165) is 32.7 Å². The van der Waals surface area contributed by atoms with Gasteiger partial charge in [-0.15, -0.1) is 0 Å². The molecule has 10 rings (SSSR count). The molecular formula is C52H35NO. The highest BCUT2D eigenvalue weighted by atomic mass is 16.3. The zero-order valence-electron chi connectivity index (χ0n) is 41.6. The molecule has 1 aromatic heterocycles. The Morgan fingerprint density at radius 1 is 0.352 bits per heavy atom. The summed E-state index contributed by atoms with van der Waals surface area (Å²) in [5.41, 5.74) is 2.53. The van der Waals surface area contributed by atoms with E-state index in [4.69, 9.17) is 11.3 Å². The SMILES string of the molecule is [2H]c1c([2H])c([2H])c(-c2c([2H])c([2H])c(N(c3ccccc3-c3cccc4c3oc3c5ccccc5ccc43)c3c([2H])c([2H])c(-c4ccc(-c5ccccc5)cc4)c([2H])c3[2H])c([2H])c2[2H])c([2H])c1[2H]. The molecule has 9 aromatic carbocycles. The lowest BCUT2D eigenvalue weighted by Crippen LogP contribution is -2.11. The molecule has 0 unspecified atom stereocenters. The first kappa shape index (κ1) is 20.8. The highest BCUT2D eigenvalue weighted by Crippen LogP contribution is 2.45. The molecule has 0 N–H and O–H groups in total. The molecule has 0 aliphatic rings. The van der Waals surface area contributed by atoms with Crippen LogP contribution in [0.15, 0.2) is 216 Å². The lowest BCUT2D eigenvalue weighted by molar-refractivity contribution is 0.674. The van der Waals surface area contributed by atoms with Gasteiger partial charge in [0.15, 0.2) is 0 Å². The first-order chi connectivity index (χ1) is 32.2. The van der Waals surface area contributed by atoms with Gasteiger partial charge >= 0.3 is 0 Å². The number of nitrogens with zero attached hydrogens (tertiary/aromatic N) is 1. The number of hydrogen-bond donors (Lipinski definition) is 0. The van der Waals surface area contributed by atoms with Crippen molar-refractivity contribution in [2.45, 2.75) is 0 Å².